The molecule has 540 valence electrons. The lowest BCUT2D eigenvalue weighted by Crippen LogP contribution is -2.29. The zero-order valence-electron chi connectivity index (χ0n) is 60.8. The van der Waals surface area contributed by atoms with E-state index in [0.29, 0.717) is 6.42 Å². The molecule has 2 atom stereocenters. The largest absolute Gasteiger partial charge is 0.472 e. The molecular formula is C85H142NO8P. The molecule has 0 saturated carbocycles. The predicted molar refractivity (Wildman–Crippen MR) is 413 cm³/mol. The Morgan fingerprint density at radius 3 is 0.811 bits per heavy atom. The summed E-state index contributed by atoms with van der Waals surface area (Å²) in [5.74, 6) is -0.826. The van der Waals surface area contributed by atoms with Gasteiger partial charge in [0.25, 0.3) is 0 Å². The van der Waals surface area contributed by atoms with Crippen molar-refractivity contribution in [2.24, 2.45) is 5.73 Å². The molecule has 0 aliphatic carbocycles. The van der Waals surface area contributed by atoms with Crippen molar-refractivity contribution in [3.63, 3.8) is 0 Å². The number of hydrogen-bond donors (Lipinski definition) is 2. The Labute approximate surface area is 584 Å². The van der Waals surface area contributed by atoms with Crippen LogP contribution in [0.1, 0.15) is 322 Å². The van der Waals surface area contributed by atoms with Gasteiger partial charge >= 0.3 is 19.8 Å². The molecule has 2 unspecified atom stereocenters. The van der Waals surface area contributed by atoms with Crippen molar-refractivity contribution in [3.8, 4) is 0 Å². The summed E-state index contributed by atoms with van der Waals surface area (Å²) >= 11 is 0. The number of hydrogen-bond acceptors (Lipinski definition) is 8. The molecule has 0 aliphatic rings. The summed E-state index contributed by atoms with van der Waals surface area (Å²) in [6.45, 7) is 3.53. The molecule has 95 heavy (non-hydrogen) atoms. The highest BCUT2D eigenvalue weighted by Gasteiger charge is 2.26. The lowest BCUT2D eigenvalue weighted by molar-refractivity contribution is -0.161. The first-order valence-corrected chi connectivity index (χ1v) is 40.1. The van der Waals surface area contributed by atoms with E-state index in [1.165, 1.54) is 161 Å². The zero-order valence-corrected chi connectivity index (χ0v) is 61.7. The molecule has 9 nitrogen and oxygen atoms in total. The second-order valence-corrected chi connectivity index (χ2v) is 26.6. The molecule has 0 rings (SSSR count). The van der Waals surface area contributed by atoms with Gasteiger partial charge in [0.15, 0.2) is 6.10 Å². The molecule has 0 aromatic heterocycles. The number of allylic oxidation sites excluding steroid dienone is 28. The van der Waals surface area contributed by atoms with Crippen LogP contribution in [0.15, 0.2) is 170 Å². The molecule has 0 spiro atoms. The normalized spacial score (nSPS) is 13.9. The molecule has 0 aliphatic heterocycles. The van der Waals surface area contributed by atoms with Crippen LogP contribution in [0.3, 0.4) is 0 Å². The van der Waals surface area contributed by atoms with Gasteiger partial charge in [-0.05, 0) is 128 Å². The molecule has 10 heteroatoms. The minimum Gasteiger partial charge on any atom is -0.462 e. The Morgan fingerprint density at radius 1 is 0.316 bits per heavy atom. The third-order valence-electron chi connectivity index (χ3n) is 16.1. The second kappa shape index (κ2) is 78.4. The van der Waals surface area contributed by atoms with E-state index in [1.807, 2.05) is 0 Å². The molecule has 0 amide bonds. The number of carbonyl (C=O) groups excluding carboxylic acids is 2. The van der Waals surface area contributed by atoms with Gasteiger partial charge in [-0.3, -0.25) is 18.6 Å². The number of carbonyl (C=O) groups is 2. The fraction of sp³-hybridized carbons (Fsp3) is 0.647. The number of esters is 2. The first kappa shape index (κ1) is 90.4. The highest BCUT2D eigenvalue weighted by Crippen LogP contribution is 2.43. The van der Waals surface area contributed by atoms with Gasteiger partial charge in [0.1, 0.15) is 6.61 Å². The first-order chi connectivity index (χ1) is 46.8. The molecule has 0 heterocycles. The highest BCUT2D eigenvalue weighted by atomic mass is 31.2. The second-order valence-electron chi connectivity index (χ2n) is 25.1. The van der Waals surface area contributed by atoms with Crippen LogP contribution in [-0.2, 0) is 32.7 Å². The Hall–Kier alpha value is -4.63. The minimum atomic E-state index is -4.41. The number of unbranched alkanes of at least 4 members (excludes halogenated alkanes) is 30. The summed E-state index contributed by atoms with van der Waals surface area (Å²) in [6.07, 6.45) is 116. The molecule has 0 saturated heterocycles. The average Bonchev–Trinajstić information content (AvgIpc) is 3.16. The van der Waals surface area contributed by atoms with Crippen molar-refractivity contribution >= 4 is 19.8 Å². The van der Waals surface area contributed by atoms with E-state index in [-0.39, 0.29) is 38.6 Å². The summed E-state index contributed by atoms with van der Waals surface area (Å²) in [4.78, 5) is 35.5. The monoisotopic (exact) mass is 1340 g/mol. The van der Waals surface area contributed by atoms with E-state index in [1.54, 1.807) is 0 Å². The topological polar surface area (TPSA) is 134 Å². The van der Waals surface area contributed by atoms with Crippen LogP contribution in [-0.4, -0.2) is 49.3 Å². The third kappa shape index (κ3) is 78.3. The highest BCUT2D eigenvalue weighted by molar-refractivity contribution is 7.47. The molecule has 3 N–H and O–H groups in total. The van der Waals surface area contributed by atoms with Crippen LogP contribution in [0, 0.1) is 0 Å². The minimum absolute atomic E-state index is 0.0479. The average molecular weight is 1340 g/mol. The molecule has 0 fully saturated rings. The van der Waals surface area contributed by atoms with Gasteiger partial charge < -0.3 is 20.1 Å². The van der Waals surface area contributed by atoms with E-state index in [9.17, 15) is 19.0 Å². The van der Waals surface area contributed by atoms with Gasteiger partial charge in [-0.1, -0.05) is 351 Å². The summed E-state index contributed by atoms with van der Waals surface area (Å²) < 4.78 is 33.3. The lowest BCUT2D eigenvalue weighted by Gasteiger charge is -2.19. The van der Waals surface area contributed by atoms with Gasteiger partial charge in [-0.15, -0.1) is 0 Å². The lowest BCUT2D eigenvalue weighted by atomic mass is 10.0. The summed E-state index contributed by atoms with van der Waals surface area (Å²) in [5.41, 5.74) is 5.41. The van der Waals surface area contributed by atoms with Gasteiger partial charge in [0.05, 0.1) is 13.2 Å². The van der Waals surface area contributed by atoms with E-state index in [4.69, 9.17) is 24.3 Å². The SMILES string of the molecule is CC/C=C\C/C=C\C/C=C\C/C=C\C/C=C\C/C=C\C/C=C\C/C=C\CCCCCCCCCCCCCCCCC(=O)OC(COC(=O)CCCCCCCCCCCCCCCCCC/C=C\C/C=C\C/C=C\C/C=C\C/C=C\C/C=C\CC)COP(=O)(O)OCCN. The maximum atomic E-state index is 12.8. The van der Waals surface area contributed by atoms with Crippen LogP contribution >= 0.6 is 7.82 Å². The molecule has 0 aromatic carbocycles. The fourth-order valence-electron chi connectivity index (χ4n) is 10.5. The standard InChI is InChI=1S/C85H142NO8P/c1-3-5-7-9-11-13-15-17-19-21-23-25-27-29-31-33-35-37-39-40-41-42-44-46-48-50-52-54-56-58-60-62-64-66-68-70-72-74-76-78-85(88)94-83(82-93-95(89,90)92-80-79-86)81-91-84(87)77-75-73-71-69-67-65-63-61-59-57-55-53-51-49-47-45-43-38-36-34-32-30-28-26-24-22-20-18-16-14-12-10-8-6-4-2/h5-8,11-14,17-20,23-26,29-32,35-38,40-41,44,46,83H,3-4,9-10,15-16,21-22,27-28,33-34,39,42-43,45,47-82,86H2,1-2H3,(H,89,90)/b7-5-,8-6-,13-11-,14-12-,19-17-,20-18-,25-23-,26-24-,31-29-,32-30-,37-35-,38-36-,41-40-,46-44-. The number of nitrogens with two attached hydrogens (primary N) is 1. The maximum Gasteiger partial charge on any atom is 0.472 e. The summed E-state index contributed by atoms with van der Waals surface area (Å²) in [5, 5.41) is 0. The number of phosphoric ester groups is 1. The van der Waals surface area contributed by atoms with E-state index >= 15 is 0 Å². The first-order valence-electron chi connectivity index (χ1n) is 38.6. The van der Waals surface area contributed by atoms with Crippen LogP contribution in [0.25, 0.3) is 0 Å². The van der Waals surface area contributed by atoms with Crippen molar-refractivity contribution in [1.82, 2.24) is 0 Å². The van der Waals surface area contributed by atoms with E-state index < -0.39 is 26.5 Å². The smallest absolute Gasteiger partial charge is 0.462 e. The molecule has 0 bridgehead atoms. The van der Waals surface area contributed by atoms with Crippen molar-refractivity contribution < 1.29 is 37.6 Å². The Morgan fingerprint density at radius 2 is 0.547 bits per heavy atom. The van der Waals surface area contributed by atoms with Gasteiger partial charge in [-0.25, -0.2) is 4.57 Å². The van der Waals surface area contributed by atoms with Crippen molar-refractivity contribution in [2.75, 3.05) is 26.4 Å². The van der Waals surface area contributed by atoms with Crippen LogP contribution < -0.4 is 5.73 Å². The van der Waals surface area contributed by atoms with E-state index in [0.717, 1.165) is 128 Å². The molecule has 0 radical (unpaired) electrons. The van der Waals surface area contributed by atoms with Crippen molar-refractivity contribution in [2.45, 2.75) is 328 Å². The molecular weight excluding hydrogens is 1190 g/mol. The van der Waals surface area contributed by atoms with Crippen LogP contribution in [0.2, 0.25) is 0 Å². The van der Waals surface area contributed by atoms with Crippen LogP contribution in [0.5, 0.6) is 0 Å². The fourth-order valence-corrected chi connectivity index (χ4v) is 11.2. The Kier molecular flexibility index (Phi) is 74.5. The van der Waals surface area contributed by atoms with Crippen molar-refractivity contribution in [1.29, 1.82) is 0 Å². The van der Waals surface area contributed by atoms with Gasteiger partial charge in [0, 0.05) is 19.4 Å². The number of rotatable bonds is 71. The summed E-state index contributed by atoms with van der Waals surface area (Å²) in [6, 6.07) is 0. The Bertz CT molecular complexity index is 2170. The van der Waals surface area contributed by atoms with Crippen molar-refractivity contribution in [3.05, 3.63) is 170 Å². The number of phosphoric acid groups is 1. The summed E-state index contributed by atoms with van der Waals surface area (Å²) in [7, 11) is -4.41. The van der Waals surface area contributed by atoms with Gasteiger partial charge in [0.2, 0.25) is 0 Å². The Balaban J connectivity index is 3.88. The quantitative estimate of drug-likeness (QED) is 0.0264. The van der Waals surface area contributed by atoms with Gasteiger partial charge in [-0.2, -0.15) is 0 Å². The number of ether oxygens (including phenoxy) is 2. The zero-order chi connectivity index (χ0) is 68.6. The molecule has 0 aromatic rings. The third-order valence-corrected chi connectivity index (χ3v) is 17.1. The van der Waals surface area contributed by atoms with Crippen LogP contribution in [0.4, 0.5) is 0 Å². The maximum absolute atomic E-state index is 12.8. The van der Waals surface area contributed by atoms with E-state index in [2.05, 4.69) is 184 Å². The predicted octanol–water partition coefficient (Wildman–Crippen LogP) is 26.1.